The molecule has 0 aromatic heterocycles. The number of benzene rings is 1. The summed E-state index contributed by atoms with van der Waals surface area (Å²) in [5.41, 5.74) is 6.24. The number of likely N-dealkylation sites (tertiary alicyclic amines) is 1. The lowest BCUT2D eigenvalue weighted by Gasteiger charge is -2.31. The Labute approximate surface area is 117 Å². The van der Waals surface area contributed by atoms with Crippen molar-refractivity contribution in [3.8, 4) is 0 Å². The first-order valence-electron chi connectivity index (χ1n) is 6.51. The molecule has 2 rings (SSSR count). The van der Waals surface area contributed by atoms with E-state index in [0.717, 1.165) is 25.9 Å². The van der Waals surface area contributed by atoms with Gasteiger partial charge in [0.25, 0.3) is 0 Å². The molecular weight excluding hydrogens is 267 g/mol. The number of rotatable bonds is 3. The van der Waals surface area contributed by atoms with E-state index in [1.807, 2.05) is 4.90 Å². The van der Waals surface area contributed by atoms with Gasteiger partial charge in [-0.05, 0) is 49.1 Å². The zero-order valence-corrected chi connectivity index (χ0v) is 11.5. The van der Waals surface area contributed by atoms with E-state index in [1.165, 1.54) is 12.1 Å². The minimum Gasteiger partial charge on any atom is -0.342 e. The van der Waals surface area contributed by atoms with Crippen molar-refractivity contribution in [2.24, 2.45) is 11.7 Å². The highest BCUT2D eigenvalue weighted by molar-refractivity contribution is 6.30. The van der Waals surface area contributed by atoms with Crippen molar-refractivity contribution in [3.63, 3.8) is 0 Å². The molecular formula is C14H18ClFN2O. The van der Waals surface area contributed by atoms with Crippen LogP contribution >= 0.6 is 11.6 Å². The van der Waals surface area contributed by atoms with Gasteiger partial charge in [-0.25, -0.2) is 4.39 Å². The van der Waals surface area contributed by atoms with Crippen molar-refractivity contribution in [1.29, 1.82) is 0 Å². The Morgan fingerprint density at radius 3 is 2.63 bits per heavy atom. The van der Waals surface area contributed by atoms with Crippen LogP contribution in [-0.4, -0.2) is 30.4 Å². The van der Waals surface area contributed by atoms with Crippen LogP contribution in [0.1, 0.15) is 18.4 Å². The third-order valence-electron chi connectivity index (χ3n) is 3.58. The predicted molar refractivity (Wildman–Crippen MR) is 73.5 cm³/mol. The van der Waals surface area contributed by atoms with Crippen LogP contribution in [0.5, 0.6) is 0 Å². The average molecular weight is 285 g/mol. The van der Waals surface area contributed by atoms with Crippen molar-refractivity contribution < 1.29 is 9.18 Å². The molecule has 104 valence electrons. The zero-order valence-electron chi connectivity index (χ0n) is 10.7. The Kier molecular flexibility index (Phi) is 4.77. The number of nitrogens with two attached hydrogens (primary N) is 1. The van der Waals surface area contributed by atoms with E-state index in [9.17, 15) is 9.18 Å². The fourth-order valence-electron chi connectivity index (χ4n) is 2.42. The topological polar surface area (TPSA) is 46.3 Å². The molecule has 0 bridgehead atoms. The summed E-state index contributed by atoms with van der Waals surface area (Å²) in [5, 5.41) is 0.324. The van der Waals surface area contributed by atoms with Crippen molar-refractivity contribution in [1.82, 2.24) is 4.90 Å². The van der Waals surface area contributed by atoms with Gasteiger partial charge in [0.15, 0.2) is 0 Å². The number of nitrogens with zero attached hydrogens (tertiary/aromatic N) is 1. The Morgan fingerprint density at radius 2 is 2.05 bits per heavy atom. The summed E-state index contributed by atoms with van der Waals surface area (Å²) in [5.74, 6) is 0.141. The third-order valence-corrected chi connectivity index (χ3v) is 3.80. The highest BCUT2D eigenvalue weighted by Crippen LogP contribution is 2.18. The van der Waals surface area contributed by atoms with Gasteiger partial charge in [0.1, 0.15) is 5.82 Å². The summed E-state index contributed by atoms with van der Waals surface area (Å²) in [7, 11) is 0. The molecule has 3 nitrogen and oxygen atoms in total. The third kappa shape index (κ3) is 3.91. The van der Waals surface area contributed by atoms with Gasteiger partial charge in [0.05, 0.1) is 6.42 Å². The van der Waals surface area contributed by atoms with Gasteiger partial charge in [-0.1, -0.05) is 11.6 Å². The van der Waals surface area contributed by atoms with Crippen LogP contribution in [0, 0.1) is 11.7 Å². The van der Waals surface area contributed by atoms with Crippen LogP contribution in [0.2, 0.25) is 5.02 Å². The van der Waals surface area contributed by atoms with E-state index in [2.05, 4.69) is 0 Å². The summed E-state index contributed by atoms with van der Waals surface area (Å²) >= 11 is 5.78. The van der Waals surface area contributed by atoms with Crippen molar-refractivity contribution in [2.45, 2.75) is 19.3 Å². The van der Waals surface area contributed by atoms with E-state index in [-0.39, 0.29) is 12.3 Å². The molecule has 0 radical (unpaired) electrons. The van der Waals surface area contributed by atoms with E-state index in [0.29, 0.717) is 23.0 Å². The number of halogens is 2. The summed E-state index contributed by atoms with van der Waals surface area (Å²) in [6.45, 7) is 2.16. The normalized spacial score (nSPS) is 16.7. The van der Waals surface area contributed by atoms with E-state index >= 15 is 0 Å². The first-order valence-corrected chi connectivity index (χ1v) is 6.89. The van der Waals surface area contributed by atoms with Gasteiger partial charge in [-0.2, -0.15) is 0 Å². The zero-order chi connectivity index (χ0) is 13.8. The Balaban J connectivity index is 1.94. The molecule has 1 saturated heterocycles. The quantitative estimate of drug-likeness (QED) is 0.925. The second kappa shape index (κ2) is 6.35. The molecule has 2 N–H and O–H groups in total. The molecule has 19 heavy (non-hydrogen) atoms. The van der Waals surface area contributed by atoms with Crippen LogP contribution in [0.15, 0.2) is 18.2 Å². The summed E-state index contributed by atoms with van der Waals surface area (Å²) in [6.07, 6.45) is 2.10. The van der Waals surface area contributed by atoms with Crippen LogP contribution in [0.4, 0.5) is 4.39 Å². The lowest BCUT2D eigenvalue weighted by Crippen LogP contribution is -2.40. The highest BCUT2D eigenvalue weighted by atomic mass is 35.5. The van der Waals surface area contributed by atoms with Crippen molar-refractivity contribution in [3.05, 3.63) is 34.6 Å². The van der Waals surface area contributed by atoms with Gasteiger partial charge in [-0.3, -0.25) is 4.79 Å². The van der Waals surface area contributed by atoms with Gasteiger partial charge < -0.3 is 10.6 Å². The molecule has 0 unspecified atom stereocenters. The summed E-state index contributed by atoms with van der Waals surface area (Å²) in [4.78, 5) is 13.9. The van der Waals surface area contributed by atoms with Gasteiger partial charge >= 0.3 is 0 Å². The Hall–Kier alpha value is -1.13. The molecule has 1 aromatic rings. The van der Waals surface area contributed by atoms with Crippen molar-refractivity contribution >= 4 is 17.5 Å². The molecule has 1 aliphatic heterocycles. The minimum absolute atomic E-state index is 0.0251. The number of amides is 1. The molecule has 1 aromatic carbocycles. The highest BCUT2D eigenvalue weighted by Gasteiger charge is 2.22. The first-order chi connectivity index (χ1) is 9.08. The molecule has 0 atom stereocenters. The van der Waals surface area contributed by atoms with Gasteiger partial charge in [0, 0.05) is 18.1 Å². The largest absolute Gasteiger partial charge is 0.342 e. The monoisotopic (exact) mass is 284 g/mol. The van der Waals surface area contributed by atoms with Crippen LogP contribution in [-0.2, 0) is 11.2 Å². The lowest BCUT2D eigenvalue weighted by atomic mass is 9.96. The van der Waals surface area contributed by atoms with Crippen LogP contribution in [0.25, 0.3) is 0 Å². The fourth-order valence-corrected chi connectivity index (χ4v) is 2.66. The maximum Gasteiger partial charge on any atom is 0.226 e. The Morgan fingerprint density at radius 1 is 1.37 bits per heavy atom. The molecule has 1 heterocycles. The van der Waals surface area contributed by atoms with Crippen LogP contribution < -0.4 is 5.73 Å². The maximum atomic E-state index is 13.2. The number of carbonyl (C=O) groups excluding carboxylic acids is 1. The minimum atomic E-state index is -0.405. The van der Waals surface area contributed by atoms with Gasteiger partial charge in [0.2, 0.25) is 5.91 Å². The number of hydrogen-bond acceptors (Lipinski definition) is 2. The summed E-state index contributed by atoms with van der Waals surface area (Å²) < 4.78 is 13.2. The first kappa shape index (κ1) is 14.3. The molecule has 0 spiro atoms. The van der Waals surface area contributed by atoms with E-state index < -0.39 is 5.82 Å². The lowest BCUT2D eigenvalue weighted by molar-refractivity contribution is -0.131. The number of piperidine rings is 1. The smallest absolute Gasteiger partial charge is 0.226 e. The second-order valence-electron chi connectivity index (χ2n) is 5.01. The van der Waals surface area contributed by atoms with E-state index in [4.69, 9.17) is 17.3 Å². The number of hydrogen-bond donors (Lipinski definition) is 1. The fraction of sp³-hybridized carbons (Fsp3) is 0.500. The molecule has 1 amide bonds. The Bertz CT molecular complexity index is 439. The standard InChI is InChI=1S/C14H18ClFN2O/c15-12-5-11(6-13(16)8-12)7-14(19)18-3-1-10(9-17)2-4-18/h5-6,8,10H,1-4,7,9,17H2. The average Bonchev–Trinajstić information content (AvgIpc) is 2.37. The SMILES string of the molecule is NCC1CCN(C(=O)Cc2cc(F)cc(Cl)c2)CC1. The molecule has 1 fully saturated rings. The molecule has 5 heteroatoms. The second-order valence-corrected chi connectivity index (χ2v) is 5.45. The molecule has 1 aliphatic rings. The molecule has 0 saturated carbocycles. The van der Waals surface area contributed by atoms with E-state index in [1.54, 1.807) is 6.07 Å². The maximum absolute atomic E-state index is 13.2. The van der Waals surface area contributed by atoms with Crippen molar-refractivity contribution in [2.75, 3.05) is 19.6 Å². The summed E-state index contributed by atoms with van der Waals surface area (Å²) in [6, 6.07) is 4.23. The van der Waals surface area contributed by atoms with Crippen LogP contribution in [0.3, 0.4) is 0 Å². The molecule has 0 aliphatic carbocycles. The predicted octanol–water partition coefficient (Wildman–Crippen LogP) is 2.22. The van der Waals surface area contributed by atoms with Gasteiger partial charge in [-0.15, -0.1) is 0 Å². The number of carbonyl (C=O) groups is 1.